The highest BCUT2D eigenvalue weighted by molar-refractivity contribution is 6.02. The highest BCUT2D eigenvalue weighted by Gasteiger charge is 2.27. The number of imidazole rings is 1. The molecule has 2 aromatic heterocycles. The Morgan fingerprint density at radius 2 is 2.08 bits per heavy atom. The molecular formula is C19H26N4O3. The van der Waals surface area contributed by atoms with Crippen molar-refractivity contribution in [2.75, 3.05) is 33.4 Å². The van der Waals surface area contributed by atoms with Gasteiger partial charge in [0.15, 0.2) is 5.69 Å². The highest BCUT2D eigenvalue weighted by atomic mass is 16.5. The molecule has 26 heavy (non-hydrogen) atoms. The van der Waals surface area contributed by atoms with Crippen LogP contribution in [-0.2, 0) is 4.74 Å². The van der Waals surface area contributed by atoms with Crippen molar-refractivity contribution in [3.8, 4) is 0 Å². The predicted octanol–water partition coefficient (Wildman–Crippen LogP) is 1.97. The fraction of sp³-hybridized carbons (Fsp3) is 0.526. The highest BCUT2D eigenvalue weighted by Crippen LogP contribution is 2.20. The number of methoxy groups -OCH3 is 1. The number of hydrogen-bond acceptors (Lipinski definition) is 4. The maximum absolute atomic E-state index is 12.9. The van der Waals surface area contributed by atoms with Crippen LogP contribution in [0.5, 0.6) is 0 Å². The SMILES string of the molecule is COCCCNC(=O)c1nc(C(=O)N2CCC(C)CC2)n2ccccc12. The molecule has 0 radical (unpaired) electrons. The lowest BCUT2D eigenvalue weighted by molar-refractivity contribution is 0.0684. The Balaban J connectivity index is 1.83. The summed E-state index contributed by atoms with van der Waals surface area (Å²) in [6.45, 7) is 4.77. The van der Waals surface area contributed by atoms with E-state index in [1.807, 2.05) is 23.1 Å². The second-order valence-corrected chi connectivity index (χ2v) is 6.82. The Labute approximate surface area is 153 Å². The van der Waals surface area contributed by atoms with E-state index < -0.39 is 0 Å². The molecule has 1 aliphatic rings. The van der Waals surface area contributed by atoms with Crippen molar-refractivity contribution in [1.29, 1.82) is 0 Å². The zero-order valence-electron chi connectivity index (χ0n) is 15.4. The van der Waals surface area contributed by atoms with Crippen molar-refractivity contribution < 1.29 is 14.3 Å². The number of nitrogens with one attached hydrogen (secondary N) is 1. The van der Waals surface area contributed by atoms with Gasteiger partial charge in [-0.05, 0) is 37.3 Å². The van der Waals surface area contributed by atoms with E-state index in [2.05, 4.69) is 17.2 Å². The summed E-state index contributed by atoms with van der Waals surface area (Å²) in [4.78, 5) is 31.7. The zero-order valence-corrected chi connectivity index (χ0v) is 15.4. The van der Waals surface area contributed by atoms with E-state index in [-0.39, 0.29) is 17.5 Å². The first kappa shape index (κ1) is 18.4. The molecule has 7 heteroatoms. The standard InChI is InChI=1S/C19H26N4O3/c1-14-7-11-22(12-8-14)19(25)17-21-16(15-6-3-4-10-23(15)17)18(24)20-9-5-13-26-2/h3-4,6,10,14H,5,7-9,11-13H2,1-2H3,(H,20,24). The lowest BCUT2D eigenvalue weighted by atomic mass is 9.99. The molecular weight excluding hydrogens is 332 g/mol. The van der Waals surface area contributed by atoms with Gasteiger partial charge in [0, 0.05) is 39.5 Å². The average molecular weight is 358 g/mol. The first-order chi connectivity index (χ1) is 12.6. The Hall–Kier alpha value is -2.41. The number of fused-ring (bicyclic) bond motifs is 1. The van der Waals surface area contributed by atoms with Crippen molar-refractivity contribution in [2.24, 2.45) is 5.92 Å². The van der Waals surface area contributed by atoms with E-state index in [1.54, 1.807) is 17.7 Å². The summed E-state index contributed by atoms with van der Waals surface area (Å²) in [5.41, 5.74) is 0.933. The molecule has 3 rings (SSSR count). The number of likely N-dealkylation sites (tertiary alicyclic amines) is 1. The van der Waals surface area contributed by atoms with Crippen molar-refractivity contribution in [3.05, 3.63) is 35.9 Å². The third-order valence-electron chi connectivity index (χ3n) is 4.84. The maximum Gasteiger partial charge on any atom is 0.290 e. The van der Waals surface area contributed by atoms with Crippen molar-refractivity contribution in [3.63, 3.8) is 0 Å². The van der Waals surface area contributed by atoms with Crippen LogP contribution >= 0.6 is 0 Å². The number of piperidine rings is 1. The smallest absolute Gasteiger partial charge is 0.290 e. The Kier molecular flexibility index (Phi) is 5.88. The minimum Gasteiger partial charge on any atom is -0.385 e. The van der Waals surface area contributed by atoms with E-state index in [1.165, 1.54) is 0 Å². The summed E-state index contributed by atoms with van der Waals surface area (Å²) in [5.74, 6) is 0.564. The van der Waals surface area contributed by atoms with Gasteiger partial charge < -0.3 is 15.0 Å². The molecule has 7 nitrogen and oxygen atoms in total. The Bertz CT molecular complexity index is 778. The monoisotopic (exact) mass is 358 g/mol. The van der Waals surface area contributed by atoms with Crippen LogP contribution in [-0.4, -0.2) is 59.4 Å². The molecule has 140 valence electrons. The Morgan fingerprint density at radius 3 is 2.81 bits per heavy atom. The molecule has 0 aromatic carbocycles. The fourth-order valence-electron chi connectivity index (χ4n) is 3.21. The molecule has 2 amide bonds. The minimum absolute atomic E-state index is 0.114. The van der Waals surface area contributed by atoms with Gasteiger partial charge in [0.2, 0.25) is 5.82 Å². The van der Waals surface area contributed by atoms with Gasteiger partial charge in [-0.1, -0.05) is 13.0 Å². The number of rotatable bonds is 6. The summed E-state index contributed by atoms with van der Waals surface area (Å²) in [5, 5.41) is 2.84. The molecule has 0 spiro atoms. The summed E-state index contributed by atoms with van der Waals surface area (Å²) in [6.07, 6.45) is 4.51. The minimum atomic E-state index is -0.267. The van der Waals surface area contributed by atoms with E-state index in [0.717, 1.165) is 32.4 Å². The number of ether oxygens (including phenoxy) is 1. The van der Waals surface area contributed by atoms with Crippen molar-refractivity contribution >= 4 is 17.3 Å². The lowest BCUT2D eigenvalue weighted by Gasteiger charge is -2.29. The number of hydrogen-bond donors (Lipinski definition) is 1. The zero-order chi connectivity index (χ0) is 18.5. The van der Waals surface area contributed by atoms with Crippen LogP contribution in [0.4, 0.5) is 0 Å². The third kappa shape index (κ3) is 3.88. The summed E-state index contributed by atoms with van der Waals surface area (Å²) < 4.78 is 6.70. The van der Waals surface area contributed by atoms with Crippen molar-refractivity contribution in [1.82, 2.24) is 19.6 Å². The molecule has 0 unspecified atom stereocenters. The quantitative estimate of drug-likeness (QED) is 0.801. The van der Waals surface area contributed by atoms with Crippen LogP contribution in [0.3, 0.4) is 0 Å². The van der Waals surface area contributed by atoms with E-state index >= 15 is 0 Å². The topological polar surface area (TPSA) is 75.9 Å². The summed E-state index contributed by atoms with van der Waals surface area (Å²) in [7, 11) is 1.63. The van der Waals surface area contributed by atoms with E-state index in [0.29, 0.717) is 30.4 Å². The van der Waals surface area contributed by atoms with Crippen LogP contribution in [0, 0.1) is 5.92 Å². The number of aromatic nitrogens is 2. The van der Waals surface area contributed by atoms with Crippen LogP contribution in [0.2, 0.25) is 0 Å². The van der Waals surface area contributed by atoms with Gasteiger partial charge in [-0.3, -0.25) is 14.0 Å². The molecule has 0 atom stereocenters. The molecule has 0 saturated carbocycles. The van der Waals surface area contributed by atoms with Crippen LogP contribution in [0.25, 0.3) is 5.52 Å². The van der Waals surface area contributed by atoms with Crippen molar-refractivity contribution in [2.45, 2.75) is 26.2 Å². The number of carbonyl (C=O) groups excluding carboxylic acids is 2. The van der Waals surface area contributed by atoms with Crippen LogP contribution in [0.1, 0.15) is 47.3 Å². The first-order valence-corrected chi connectivity index (χ1v) is 9.15. The molecule has 1 N–H and O–H groups in total. The molecule has 2 aromatic rings. The van der Waals surface area contributed by atoms with Gasteiger partial charge in [-0.2, -0.15) is 0 Å². The van der Waals surface area contributed by atoms with E-state index in [4.69, 9.17) is 4.74 Å². The van der Waals surface area contributed by atoms with Gasteiger partial charge in [0.25, 0.3) is 11.8 Å². The van der Waals surface area contributed by atoms with Gasteiger partial charge in [0.05, 0.1) is 5.52 Å². The second kappa shape index (κ2) is 8.31. The summed E-state index contributed by atoms with van der Waals surface area (Å²) in [6, 6.07) is 5.49. The van der Waals surface area contributed by atoms with Crippen LogP contribution < -0.4 is 5.32 Å². The average Bonchev–Trinajstić information content (AvgIpc) is 3.05. The van der Waals surface area contributed by atoms with Gasteiger partial charge in [0.1, 0.15) is 0 Å². The Morgan fingerprint density at radius 1 is 1.31 bits per heavy atom. The first-order valence-electron chi connectivity index (χ1n) is 9.15. The number of nitrogens with zero attached hydrogens (tertiary/aromatic N) is 3. The summed E-state index contributed by atoms with van der Waals surface area (Å²) >= 11 is 0. The van der Waals surface area contributed by atoms with Crippen LogP contribution in [0.15, 0.2) is 24.4 Å². The lowest BCUT2D eigenvalue weighted by Crippen LogP contribution is -2.38. The van der Waals surface area contributed by atoms with Gasteiger partial charge in [-0.15, -0.1) is 0 Å². The predicted molar refractivity (Wildman–Crippen MR) is 98.3 cm³/mol. The number of carbonyl (C=O) groups is 2. The normalized spacial score (nSPS) is 15.4. The molecule has 0 aliphatic carbocycles. The third-order valence-corrected chi connectivity index (χ3v) is 4.84. The molecule has 1 fully saturated rings. The second-order valence-electron chi connectivity index (χ2n) is 6.82. The number of amides is 2. The van der Waals surface area contributed by atoms with Gasteiger partial charge >= 0.3 is 0 Å². The fourth-order valence-corrected chi connectivity index (χ4v) is 3.21. The molecule has 3 heterocycles. The molecule has 1 aliphatic heterocycles. The maximum atomic E-state index is 12.9. The molecule has 1 saturated heterocycles. The number of pyridine rings is 1. The molecule has 0 bridgehead atoms. The van der Waals surface area contributed by atoms with E-state index in [9.17, 15) is 9.59 Å². The van der Waals surface area contributed by atoms with Gasteiger partial charge in [-0.25, -0.2) is 4.98 Å². The largest absolute Gasteiger partial charge is 0.385 e.